The topological polar surface area (TPSA) is 52.7 Å². The molecule has 2 aromatic heterocycles. The lowest BCUT2D eigenvalue weighted by atomic mass is 10.2. The molecule has 2 heterocycles. The van der Waals surface area contributed by atoms with Crippen molar-refractivity contribution in [2.45, 2.75) is 13.5 Å². The first kappa shape index (κ1) is 12.9. The van der Waals surface area contributed by atoms with Gasteiger partial charge in [-0.3, -0.25) is 9.36 Å². The molecule has 0 radical (unpaired) electrons. The highest BCUT2D eigenvalue weighted by Crippen LogP contribution is 2.15. The minimum Gasteiger partial charge on any atom is -0.318 e. The van der Waals surface area contributed by atoms with Crippen molar-refractivity contribution in [3.05, 3.63) is 57.4 Å². The second-order valence-corrected chi connectivity index (χ2v) is 4.99. The molecular weight excluding hydrogens is 276 g/mol. The molecule has 1 aromatic carbocycles. The summed E-state index contributed by atoms with van der Waals surface area (Å²) in [6.45, 7) is 2.44. The quantitative estimate of drug-likeness (QED) is 0.679. The van der Waals surface area contributed by atoms with Crippen molar-refractivity contribution >= 4 is 22.8 Å². The fourth-order valence-corrected chi connectivity index (χ4v) is 2.36. The number of aromatic nitrogens is 4. The van der Waals surface area contributed by atoms with E-state index in [2.05, 4.69) is 9.97 Å². The number of nitrogens with zero attached hydrogens (tertiary/aromatic N) is 4. The van der Waals surface area contributed by atoms with Crippen molar-refractivity contribution in [2.75, 3.05) is 0 Å². The van der Waals surface area contributed by atoms with Gasteiger partial charge < -0.3 is 4.57 Å². The van der Waals surface area contributed by atoms with Crippen LogP contribution < -0.4 is 5.56 Å². The molecule has 0 unspecified atom stereocenters. The first-order valence-corrected chi connectivity index (χ1v) is 6.59. The summed E-state index contributed by atoms with van der Waals surface area (Å²) in [4.78, 5) is 20.8. The summed E-state index contributed by atoms with van der Waals surface area (Å²) in [7, 11) is 1.60. The molecule has 3 rings (SSSR count). The molecule has 102 valence electrons. The number of aryl methyl sites for hydroxylation is 1. The first-order valence-electron chi connectivity index (χ1n) is 6.21. The van der Waals surface area contributed by atoms with Crippen LogP contribution in [0.15, 0.2) is 35.1 Å². The molecule has 0 fully saturated rings. The zero-order chi connectivity index (χ0) is 14.3. The van der Waals surface area contributed by atoms with Gasteiger partial charge in [0.15, 0.2) is 11.2 Å². The molecule has 0 N–H and O–H groups in total. The average molecular weight is 289 g/mol. The van der Waals surface area contributed by atoms with Crippen molar-refractivity contribution in [1.29, 1.82) is 0 Å². The summed E-state index contributed by atoms with van der Waals surface area (Å²) in [5, 5.41) is 0.145. The highest BCUT2D eigenvalue weighted by Gasteiger charge is 2.15. The maximum absolute atomic E-state index is 12.4. The smallest absolute Gasteiger partial charge is 0.280 e. The molecular formula is C14H13ClN4O. The van der Waals surface area contributed by atoms with Gasteiger partial charge in [0, 0.05) is 13.6 Å². The molecule has 0 aliphatic carbocycles. The van der Waals surface area contributed by atoms with E-state index in [0.717, 1.165) is 11.4 Å². The standard InChI is InChI=1S/C14H13ClN4O/c1-9-16-12-11(13(20)18(2)14(15)17-12)19(9)8-10-6-4-3-5-7-10/h3-7H,8H2,1-2H3. The minimum atomic E-state index is -0.184. The van der Waals surface area contributed by atoms with E-state index in [1.54, 1.807) is 7.05 Å². The third-order valence-electron chi connectivity index (χ3n) is 3.31. The van der Waals surface area contributed by atoms with Gasteiger partial charge in [-0.1, -0.05) is 30.3 Å². The molecule has 0 spiro atoms. The van der Waals surface area contributed by atoms with Gasteiger partial charge in [0.1, 0.15) is 5.82 Å². The van der Waals surface area contributed by atoms with Gasteiger partial charge in [0.05, 0.1) is 0 Å². The molecule has 0 aliphatic rings. The lowest BCUT2D eigenvalue weighted by Crippen LogP contribution is -2.21. The highest BCUT2D eigenvalue weighted by atomic mass is 35.5. The van der Waals surface area contributed by atoms with Crippen molar-refractivity contribution in [3.8, 4) is 0 Å². The van der Waals surface area contributed by atoms with E-state index in [-0.39, 0.29) is 10.8 Å². The highest BCUT2D eigenvalue weighted by molar-refractivity contribution is 6.28. The van der Waals surface area contributed by atoms with Crippen LogP contribution in [0.25, 0.3) is 11.2 Å². The number of imidazole rings is 1. The summed E-state index contributed by atoms with van der Waals surface area (Å²) in [5.74, 6) is 0.746. The Morgan fingerprint density at radius 2 is 1.90 bits per heavy atom. The van der Waals surface area contributed by atoms with Crippen LogP contribution in [0.1, 0.15) is 11.4 Å². The molecule has 0 aliphatic heterocycles. The molecule has 0 bridgehead atoms. The van der Waals surface area contributed by atoms with Crippen LogP contribution in [0, 0.1) is 6.92 Å². The Morgan fingerprint density at radius 1 is 1.20 bits per heavy atom. The van der Waals surface area contributed by atoms with Gasteiger partial charge in [-0.05, 0) is 24.1 Å². The van der Waals surface area contributed by atoms with Gasteiger partial charge in [0.25, 0.3) is 5.56 Å². The van der Waals surface area contributed by atoms with E-state index < -0.39 is 0 Å². The Hall–Kier alpha value is -2.14. The van der Waals surface area contributed by atoms with Crippen LogP contribution in [0.4, 0.5) is 0 Å². The van der Waals surface area contributed by atoms with Gasteiger partial charge in [-0.25, -0.2) is 4.98 Å². The van der Waals surface area contributed by atoms with E-state index >= 15 is 0 Å². The Morgan fingerprint density at radius 3 is 2.60 bits per heavy atom. The molecule has 0 atom stereocenters. The second-order valence-electron chi connectivity index (χ2n) is 4.65. The summed E-state index contributed by atoms with van der Waals surface area (Å²) in [6.07, 6.45) is 0. The van der Waals surface area contributed by atoms with Gasteiger partial charge >= 0.3 is 0 Å². The molecule has 0 saturated heterocycles. The average Bonchev–Trinajstić information content (AvgIpc) is 2.74. The number of hydrogen-bond donors (Lipinski definition) is 0. The molecule has 3 aromatic rings. The summed E-state index contributed by atoms with van der Waals surface area (Å²) in [6, 6.07) is 9.93. The molecule has 6 heteroatoms. The van der Waals surface area contributed by atoms with E-state index in [9.17, 15) is 4.79 Å². The Balaban J connectivity index is 2.23. The van der Waals surface area contributed by atoms with Crippen LogP contribution in [-0.2, 0) is 13.6 Å². The number of halogens is 1. The first-order chi connectivity index (χ1) is 9.58. The summed E-state index contributed by atoms with van der Waals surface area (Å²) in [5.41, 5.74) is 1.80. The number of hydrogen-bond acceptors (Lipinski definition) is 3. The van der Waals surface area contributed by atoms with Crippen molar-refractivity contribution in [3.63, 3.8) is 0 Å². The largest absolute Gasteiger partial charge is 0.318 e. The van der Waals surface area contributed by atoms with Crippen LogP contribution >= 0.6 is 11.6 Å². The van der Waals surface area contributed by atoms with Crippen molar-refractivity contribution in [1.82, 2.24) is 19.1 Å². The minimum absolute atomic E-state index is 0.145. The van der Waals surface area contributed by atoms with Crippen molar-refractivity contribution in [2.24, 2.45) is 7.05 Å². The van der Waals surface area contributed by atoms with E-state index in [1.165, 1.54) is 4.57 Å². The zero-order valence-corrected chi connectivity index (χ0v) is 11.9. The predicted octanol–water partition coefficient (Wildman–Crippen LogP) is 2.14. The zero-order valence-electron chi connectivity index (χ0n) is 11.2. The summed E-state index contributed by atoms with van der Waals surface area (Å²) < 4.78 is 3.20. The van der Waals surface area contributed by atoms with E-state index in [1.807, 2.05) is 41.8 Å². The fraction of sp³-hybridized carbons (Fsp3) is 0.214. The van der Waals surface area contributed by atoms with E-state index in [0.29, 0.717) is 17.7 Å². The molecule has 5 nitrogen and oxygen atoms in total. The van der Waals surface area contributed by atoms with Crippen LogP contribution in [0.5, 0.6) is 0 Å². The van der Waals surface area contributed by atoms with Crippen LogP contribution in [0.2, 0.25) is 5.28 Å². The molecule has 20 heavy (non-hydrogen) atoms. The van der Waals surface area contributed by atoms with Gasteiger partial charge in [-0.15, -0.1) is 0 Å². The lowest BCUT2D eigenvalue weighted by Gasteiger charge is -2.07. The fourth-order valence-electron chi connectivity index (χ4n) is 2.20. The molecule has 0 amide bonds. The maximum Gasteiger partial charge on any atom is 0.280 e. The van der Waals surface area contributed by atoms with Crippen molar-refractivity contribution < 1.29 is 0 Å². The third kappa shape index (κ3) is 2.00. The second kappa shape index (κ2) is 4.76. The summed E-state index contributed by atoms with van der Waals surface area (Å²) >= 11 is 5.92. The van der Waals surface area contributed by atoms with Gasteiger partial charge in [-0.2, -0.15) is 4.98 Å². The Labute approximate surface area is 120 Å². The van der Waals surface area contributed by atoms with Crippen LogP contribution in [-0.4, -0.2) is 19.1 Å². The number of benzene rings is 1. The Bertz CT molecular complexity index is 836. The SMILES string of the molecule is Cc1nc2nc(Cl)n(C)c(=O)c2n1Cc1ccccc1. The van der Waals surface area contributed by atoms with Gasteiger partial charge in [0.2, 0.25) is 5.28 Å². The Kier molecular flexibility index (Phi) is 3.06. The molecule has 0 saturated carbocycles. The third-order valence-corrected chi connectivity index (χ3v) is 3.64. The maximum atomic E-state index is 12.4. The normalized spacial score (nSPS) is 11.2. The monoisotopic (exact) mass is 288 g/mol. The van der Waals surface area contributed by atoms with Crippen LogP contribution in [0.3, 0.4) is 0 Å². The number of fused-ring (bicyclic) bond motifs is 1. The predicted molar refractivity (Wildman–Crippen MR) is 78.1 cm³/mol. The number of rotatable bonds is 2. The van der Waals surface area contributed by atoms with E-state index in [4.69, 9.17) is 11.6 Å². The lowest BCUT2D eigenvalue weighted by molar-refractivity contribution is 0.769.